The molecule has 9 heteroatoms. The number of hydrogen-bond acceptors (Lipinski definition) is 4. The summed E-state index contributed by atoms with van der Waals surface area (Å²) in [7, 11) is 0. The molecule has 0 radical (unpaired) electrons. The largest absolute Gasteiger partial charge is 0.418 e. The highest BCUT2D eigenvalue weighted by Crippen LogP contribution is 2.36. The summed E-state index contributed by atoms with van der Waals surface area (Å²) in [6.07, 6.45) is -2.88. The van der Waals surface area contributed by atoms with Gasteiger partial charge in [-0.3, -0.25) is 0 Å². The third kappa shape index (κ3) is 4.18. The van der Waals surface area contributed by atoms with Crippen LogP contribution in [-0.2, 0) is 19.3 Å². The Morgan fingerprint density at radius 2 is 2.10 bits per heavy atom. The molecule has 1 aromatic heterocycles. The molecule has 0 fully saturated rings. The van der Waals surface area contributed by atoms with Gasteiger partial charge in [-0.05, 0) is 18.2 Å². The average molecular weight is 365 g/mol. The Hall–Kier alpha value is -1.61. The van der Waals surface area contributed by atoms with Crippen molar-refractivity contribution >= 4 is 21.6 Å². The van der Waals surface area contributed by atoms with Crippen molar-refractivity contribution in [3.63, 3.8) is 0 Å². The number of nitrogens with one attached hydrogen (secondary N) is 1. The van der Waals surface area contributed by atoms with Crippen LogP contribution in [0.2, 0.25) is 0 Å². The molecule has 21 heavy (non-hydrogen) atoms. The highest BCUT2D eigenvalue weighted by molar-refractivity contribution is 9.10. The molecule has 0 bridgehead atoms. The zero-order valence-electron chi connectivity index (χ0n) is 10.7. The zero-order chi connectivity index (χ0) is 15.5. The van der Waals surface area contributed by atoms with E-state index in [-0.39, 0.29) is 18.8 Å². The topological polar surface area (TPSA) is 63.0 Å². The van der Waals surface area contributed by atoms with Crippen molar-refractivity contribution in [1.29, 1.82) is 0 Å². The highest BCUT2D eigenvalue weighted by atomic mass is 79.9. The molecule has 5 nitrogen and oxygen atoms in total. The van der Waals surface area contributed by atoms with E-state index in [0.29, 0.717) is 16.7 Å². The summed E-state index contributed by atoms with van der Waals surface area (Å²) in [5, 5.41) is 19.0. The summed E-state index contributed by atoms with van der Waals surface area (Å²) in [5.74, 6) is 0. The van der Waals surface area contributed by atoms with E-state index in [0.717, 1.165) is 6.07 Å². The molecule has 0 atom stereocenters. The lowest BCUT2D eigenvalue weighted by atomic mass is 10.1. The number of halogens is 4. The van der Waals surface area contributed by atoms with Crippen LogP contribution in [0, 0.1) is 0 Å². The smallest absolute Gasteiger partial charge is 0.394 e. The van der Waals surface area contributed by atoms with Gasteiger partial charge in [-0.1, -0.05) is 21.1 Å². The standard InChI is InChI=1S/C12H12BrF3N4O/c13-8-1-2-11(10(5-8)12(14,15)16)17-6-9-7-20(3-4-21)19-18-9/h1-2,5,7,17,21H,3-4,6H2. The van der Waals surface area contributed by atoms with Crippen LogP contribution in [0.4, 0.5) is 18.9 Å². The average Bonchev–Trinajstić information content (AvgIpc) is 2.84. The number of aliphatic hydroxyl groups excluding tert-OH is 1. The quantitative estimate of drug-likeness (QED) is 0.855. The summed E-state index contributed by atoms with van der Waals surface area (Å²) in [5.41, 5.74) is -0.290. The van der Waals surface area contributed by atoms with Crippen LogP contribution in [0.3, 0.4) is 0 Å². The summed E-state index contributed by atoms with van der Waals surface area (Å²) in [6, 6.07) is 3.90. The number of benzene rings is 1. The summed E-state index contributed by atoms with van der Waals surface area (Å²) >= 11 is 3.03. The first kappa shape index (κ1) is 15.8. The molecular weight excluding hydrogens is 353 g/mol. The fourth-order valence-corrected chi connectivity index (χ4v) is 2.08. The van der Waals surface area contributed by atoms with Gasteiger partial charge in [0, 0.05) is 10.2 Å². The highest BCUT2D eigenvalue weighted by Gasteiger charge is 2.33. The van der Waals surface area contributed by atoms with Crippen molar-refractivity contribution in [2.24, 2.45) is 0 Å². The molecule has 0 aliphatic rings. The van der Waals surface area contributed by atoms with Gasteiger partial charge in [0.1, 0.15) is 5.69 Å². The molecule has 2 rings (SSSR count). The Balaban J connectivity index is 2.12. The maximum atomic E-state index is 12.9. The Bertz CT molecular complexity index is 615. The van der Waals surface area contributed by atoms with Crippen molar-refractivity contribution in [3.05, 3.63) is 40.1 Å². The molecule has 2 aromatic rings. The molecule has 0 unspecified atom stereocenters. The first-order chi connectivity index (χ1) is 9.90. The summed E-state index contributed by atoms with van der Waals surface area (Å²) < 4.78 is 40.6. The number of nitrogens with zero attached hydrogens (tertiary/aromatic N) is 3. The number of anilines is 1. The lowest BCUT2D eigenvalue weighted by Crippen LogP contribution is -2.11. The van der Waals surface area contributed by atoms with E-state index in [9.17, 15) is 13.2 Å². The minimum absolute atomic E-state index is 0.0255. The predicted molar refractivity (Wildman–Crippen MR) is 73.6 cm³/mol. The molecule has 1 aromatic carbocycles. The van der Waals surface area contributed by atoms with Gasteiger partial charge >= 0.3 is 6.18 Å². The van der Waals surface area contributed by atoms with Crippen molar-refractivity contribution in [3.8, 4) is 0 Å². The number of aliphatic hydroxyl groups is 1. The Kier molecular flexibility index (Phi) is 4.84. The summed E-state index contributed by atoms with van der Waals surface area (Å²) in [6.45, 7) is 0.316. The van der Waals surface area contributed by atoms with Crippen LogP contribution >= 0.6 is 15.9 Å². The number of alkyl halides is 3. The van der Waals surface area contributed by atoms with Gasteiger partial charge in [-0.25, -0.2) is 4.68 Å². The third-order valence-corrected chi connectivity index (χ3v) is 3.16. The van der Waals surface area contributed by atoms with Gasteiger partial charge in [0.25, 0.3) is 0 Å². The van der Waals surface area contributed by atoms with Crippen molar-refractivity contribution < 1.29 is 18.3 Å². The van der Waals surface area contributed by atoms with E-state index >= 15 is 0 Å². The second-order valence-corrected chi connectivity index (χ2v) is 5.15. The van der Waals surface area contributed by atoms with Gasteiger partial charge in [0.05, 0.1) is 31.5 Å². The van der Waals surface area contributed by atoms with Gasteiger partial charge in [-0.2, -0.15) is 13.2 Å². The van der Waals surface area contributed by atoms with Crippen LogP contribution in [0.1, 0.15) is 11.3 Å². The Labute approximate surface area is 126 Å². The van der Waals surface area contributed by atoms with Crippen molar-refractivity contribution in [2.45, 2.75) is 19.3 Å². The monoisotopic (exact) mass is 364 g/mol. The third-order valence-electron chi connectivity index (χ3n) is 2.66. The Morgan fingerprint density at radius 3 is 2.76 bits per heavy atom. The van der Waals surface area contributed by atoms with E-state index in [4.69, 9.17) is 5.11 Å². The first-order valence-electron chi connectivity index (χ1n) is 6.00. The molecular formula is C12H12BrF3N4O. The van der Waals surface area contributed by atoms with Crippen molar-refractivity contribution in [1.82, 2.24) is 15.0 Å². The van der Waals surface area contributed by atoms with Crippen LogP contribution in [0.5, 0.6) is 0 Å². The van der Waals surface area contributed by atoms with Crippen LogP contribution < -0.4 is 5.32 Å². The van der Waals surface area contributed by atoms with E-state index in [1.807, 2.05) is 0 Å². The maximum Gasteiger partial charge on any atom is 0.418 e. The molecule has 0 amide bonds. The normalized spacial score (nSPS) is 11.7. The van der Waals surface area contributed by atoms with Crippen LogP contribution in [-0.4, -0.2) is 26.7 Å². The number of aromatic nitrogens is 3. The molecule has 114 valence electrons. The van der Waals surface area contributed by atoms with E-state index in [2.05, 4.69) is 31.6 Å². The maximum absolute atomic E-state index is 12.9. The molecule has 0 spiro atoms. The van der Waals surface area contributed by atoms with E-state index in [1.54, 1.807) is 6.20 Å². The Morgan fingerprint density at radius 1 is 1.33 bits per heavy atom. The fraction of sp³-hybridized carbons (Fsp3) is 0.333. The van der Waals surface area contributed by atoms with Gasteiger partial charge in [0.15, 0.2) is 0 Å². The lowest BCUT2D eigenvalue weighted by molar-refractivity contribution is -0.137. The lowest BCUT2D eigenvalue weighted by Gasteiger charge is -2.14. The molecule has 1 heterocycles. The fourth-order valence-electron chi connectivity index (χ4n) is 1.72. The molecule has 0 aliphatic heterocycles. The summed E-state index contributed by atoms with van der Waals surface area (Å²) in [4.78, 5) is 0. The van der Waals surface area contributed by atoms with Crippen molar-refractivity contribution in [2.75, 3.05) is 11.9 Å². The minimum atomic E-state index is -4.44. The second kappa shape index (κ2) is 6.44. The molecule has 0 aliphatic carbocycles. The first-order valence-corrected chi connectivity index (χ1v) is 6.80. The number of rotatable bonds is 5. The number of hydrogen-bond donors (Lipinski definition) is 2. The van der Waals surface area contributed by atoms with Crippen LogP contribution in [0.25, 0.3) is 0 Å². The molecule has 2 N–H and O–H groups in total. The SMILES string of the molecule is OCCn1cc(CNc2ccc(Br)cc2C(F)(F)F)nn1. The minimum Gasteiger partial charge on any atom is -0.394 e. The molecule has 0 saturated carbocycles. The van der Waals surface area contributed by atoms with Crippen LogP contribution in [0.15, 0.2) is 28.9 Å². The van der Waals surface area contributed by atoms with Gasteiger partial charge in [-0.15, -0.1) is 5.10 Å². The molecule has 0 saturated heterocycles. The van der Waals surface area contributed by atoms with E-state index in [1.165, 1.54) is 16.8 Å². The zero-order valence-corrected chi connectivity index (χ0v) is 12.3. The van der Waals surface area contributed by atoms with Gasteiger partial charge in [0.2, 0.25) is 0 Å². The van der Waals surface area contributed by atoms with E-state index < -0.39 is 11.7 Å². The predicted octanol–water partition coefficient (Wildman–Crippen LogP) is 2.66. The second-order valence-electron chi connectivity index (χ2n) is 4.24. The van der Waals surface area contributed by atoms with Gasteiger partial charge < -0.3 is 10.4 Å².